The fraction of sp³-hybridized carbons (Fsp3) is 0.300. The lowest BCUT2D eigenvalue weighted by atomic mass is 10.0. The van der Waals surface area contributed by atoms with Gasteiger partial charge in [0, 0.05) is 5.57 Å². The average Bonchev–Trinajstić information content (AvgIpc) is 2.38. The van der Waals surface area contributed by atoms with Crippen molar-refractivity contribution >= 4 is 27.4 Å². The Kier molecular flexibility index (Phi) is 3.01. The predicted octanol–water partition coefficient (Wildman–Crippen LogP) is 0.831. The summed E-state index contributed by atoms with van der Waals surface area (Å²) in [5.74, 6) is -1.39. The molecule has 1 atom stereocenters. The van der Waals surface area contributed by atoms with Gasteiger partial charge in [0.15, 0.2) is 9.84 Å². The zero-order chi connectivity index (χ0) is 12.6. The van der Waals surface area contributed by atoms with Crippen LogP contribution in [0, 0.1) is 0 Å². The molecule has 1 unspecified atom stereocenters. The van der Waals surface area contributed by atoms with Crippen molar-refractivity contribution in [2.45, 2.75) is 5.38 Å². The first-order chi connectivity index (χ1) is 7.92. The standard InChI is InChI=1S/C10H9ClO5S/c11-8-3-6(10(12)13)4-9-7(8)5-16-1-2-17(9,14)15/h3-5,8H,1-2H2,(H,12,13). The highest BCUT2D eigenvalue weighted by molar-refractivity contribution is 7.95. The molecular weight excluding hydrogens is 268 g/mol. The van der Waals surface area contributed by atoms with Crippen LogP contribution >= 0.6 is 11.6 Å². The summed E-state index contributed by atoms with van der Waals surface area (Å²) >= 11 is 5.94. The van der Waals surface area contributed by atoms with Gasteiger partial charge in [-0.15, -0.1) is 11.6 Å². The smallest absolute Gasteiger partial charge is 0.335 e. The van der Waals surface area contributed by atoms with E-state index in [0.29, 0.717) is 0 Å². The maximum absolute atomic E-state index is 11.9. The molecule has 2 rings (SSSR count). The molecule has 7 heteroatoms. The minimum atomic E-state index is -3.54. The molecule has 92 valence electrons. The largest absolute Gasteiger partial charge is 0.500 e. The second kappa shape index (κ2) is 4.19. The topological polar surface area (TPSA) is 80.7 Å². The van der Waals surface area contributed by atoms with Gasteiger partial charge in [-0.1, -0.05) is 0 Å². The Morgan fingerprint density at radius 2 is 2.24 bits per heavy atom. The lowest BCUT2D eigenvalue weighted by Gasteiger charge is -2.17. The Balaban J connectivity index is 2.59. The second-order valence-corrected chi connectivity index (χ2v) is 6.15. The molecule has 0 aromatic heterocycles. The second-order valence-electron chi connectivity index (χ2n) is 3.60. The van der Waals surface area contributed by atoms with E-state index in [1.165, 1.54) is 12.3 Å². The summed E-state index contributed by atoms with van der Waals surface area (Å²) in [6.07, 6.45) is 3.68. The van der Waals surface area contributed by atoms with Gasteiger partial charge in [-0.3, -0.25) is 0 Å². The fourth-order valence-corrected chi connectivity index (χ4v) is 3.34. The lowest BCUT2D eigenvalue weighted by molar-refractivity contribution is -0.132. The van der Waals surface area contributed by atoms with E-state index in [2.05, 4.69) is 0 Å². The molecule has 1 heterocycles. The Morgan fingerprint density at radius 1 is 1.53 bits per heavy atom. The highest BCUT2D eigenvalue weighted by Gasteiger charge is 2.32. The highest BCUT2D eigenvalue weighted by Crippen LogP contribution is 2.33. The van der Waals surface area contributed by atoms with E-state index in [1.807, 2.05) is 0 Å². The predicted molar refractivity (Wildman–Crippen MR) is 61.3 cm³/mol. The van der Waals surface area contributed by atoms with Crippen LogP contribution in [0.2, 0.25) is 0 Å². The zero-order valence-electron chi connectivity index (χ0n) is 8.59. The number of hydrogen-bond acceptors (Lipinski definition) is 4. The molecule has 5 nitrogen and oxygen atoms in total. The van der Waals surface area contributed by atoms with Crippen LogP contribution in [0.25, 0.3) is 0 Å². The van der Waals surface area contributed by atoms with Gasteiger partial charge in [0.1, 0.15) is 6.61 Å². The van der Waals surface area contributed by atoms with Gasteiger partial charge in [0.2, 0.25) is 0 Å². The first kappa shape index (κ1) is 12.2. The summed E-state index contributed by atoms with van der Waals surface area (Å²) in [5.41, 5.74) is 0.164. The van der Waals surface area contributed by atoms with Crippen molar-refractivity contribution in [3.63, 3.8) is 0 Å². The maximum atomic E-state index is 11.9. The number of aliphatic carboxylic acids is 1. The van der Waals surface area contributed by atoms with Crippen LogP contribution in [-0.4, -0.2) is 37.2 Å². The normalized spacial score (nSPS) is 26.6. The van der Waals surface area contributed by atoms with E-state index in [-0.39, 0.29) is 28.4 Å². The molecule has 17 heavy (non-hydrogen) atoms. The third kappa shape index (κ3) is 2.23. The van der Waals surface area contributed by atoms with Crippen LogP contribution in [0.4, 0.5) is 0 Å². The quantitative estimate of drug-likeness (QED) is 0.718. The zero-order valence-corrected chi connectivity index (χ0v) is 10.2. The van der Waals surface area contributed by atoms with Crippen LogP contribution in [0.1, 0.15) is 0 Å². The van der Waals surface area contributed by atoms with Gasteiger partial charge in [0.25, 0.3) is 0 Å². The lowest BCUT2D eigenvalue weighted by Crippen LogP contribution is -2.19. The number of rotatable bonds is 1. The molecule has 1 aliphatic heterocycles. The molecular formula is C10H9ClO5S. The number of halogens is 1. The van der Waals surface area contributed by atoms with E-state index >= 15 is 0 Å². The van der Waals surface area contributed by atoms with E-state index in [4.69, 9.17) is 21.4 Å². The monoisotopic (exact) mass is 276 g/mol. The fourth-order valence-electron chi connectivity index (χ4n) is 1.60. The van der Waals surface area contributed by atoms with Crippen LogP contribution in [0.15, 0.2) is 34.5 Å². The van der Waals surface area contributed by atoms with Gasteiger partial charge in [-0.25, -0.2) is 13.2 Å². The van der Waals surface area contributed by atoms with Crippen molar-refractivity contribution in [2.75, 3.05) is 12.4 Å². The van der Waals surface area contributed by atoms with Gasteiger partial charge < -0.3 is 9.84 Å². The van der Waals surface area contributed by atoms with E-state index < -0.39 is 21.2 Å². The van der Waals surface area contributed by atoms with Crippen LogP contribution in [0.5, 0.6) is 0 Å². The number of allylic oxidation sites excluding steroid dienone is 2. The Morgan fingerprint density at radius 3 is 2.88 bits per heavy atom. The summed E-state index contributed by atoms with van der Waals surface area (Å²) in [4.78, 5) is 10.8. The Bertz CT molecular complexity index is 555. The third-order valence-corrected chi connectivity index (χ3v) is 4.55. The van der Waals surface area contributed by atoms with Crippen LogP contribution in [0.3, 0.4) is 0 Å². The number of carboxylic acid groups (broad SMARTS) is 1. The minimum absolute atomic E-state index is 0.0369. The molecule has 0 radical (unpaired) electrons. The summed E-state index contributed by atoms with van der Waals surface area (Å²) in [6, 6.07) is 0. The number of alkyl halides is 1. The Hall–Kier alpha value is -1.27. The summed E-state index contributed by atoms with van der Waals surface area (Å²) in [5, 5.41) is 8.06. The van der Waals surface area contributed by atoms with Crippen molar-refractivity contribution < 1.29 is 23.1 Å². The molecule has 0 aromatic rings. The first-order valence-corrected chi connectivity index (χ1v) is 6.86. The molecule has 2 aliphatic rings. The summed E-state index contributed by atoms with van der Waals surface area (Å²) in [7, 11) is -3.54. The SMILES string of the molecule is O=C(O)C1=CC(Cl)C2=COCCS(=O)(=O)C2=C1. The molecule has 0 spiro atoms. The molecule has 0 bridgehead atoms. The van der Waals surface area contributed by atoms with E-state index in [9.17, 15) is 13.2 Å². The van der Waals surface area contributed by atoms with Gasteiger partial charge >= 0.3 is 5.97 Å². The third-order valence-electron chi connectivity index (χ3n) is 2.46. The van der Waals surface area contributed by atoms with Crippen molar-refractivity contribution in [3.8, 4) is 0 Å². The molecule has 0 saturated heterocycles. The van der Waals surface area contributed by atoms with Crippen molar-refractivity contribution in [3.05, 3.63) is 34.5 Å². The number of fused-ring (bicyclic) bond motifs is 1. The molecule has 0 aromatic carbocycles. The van der Waals surface area contributed by atoms with Crippen LogP contribution in [-0.2, 0) is 19.4 Å². The minimum Gasteiger partial charge on any atom is -0.500 e. The number of sulfone groups is 1. The number of hydrogen-bond donors (Lipinski definition) is 1. The highest BCUT2D eigenvalue weighted by atomic mass is 35.5. The van der Waals surface area contributed by atoms with E-state index in [0.717, 1.165) is 6.08 Å². The molecule has 1 N–H and O–H groups in total. The van der Waals surface area contributed by atoms with Crippen molar-refractivity contribution in [1.29, 1.82) is 0 Å². The number of carbonyl (C=O) groups is 1. The molecule has 0 fully saturated rings. The van der Waals surface area contributed by atoms with Gasteiger partial charge in [0.05, 0.1) is 27.9 Å². The van der Waals surface area contributed by atoms with Gasteiger partial charge in [-0.2, -0.15) is 0 Å². The average molecular weight is 277 g/mol. The number of carboxylic acids is 1. The molecule has 0 saturated carbocycles. The first-order valence-electron chi connectivity index (χ1n) is 4.77. The van der Waals surface area contributed by atoms with Gasteiger partial charge in [-0.05, 0) is 12.2 Å². The molecule has 1 aliphatic carbocycles. The number of ether oxygens (including phenoxy) is 1. The van der Waals surface area contributed by atoms with Crippen molar-refractivity contribution in [2.24, 2.45) is 0 Å². The summed E-state index contributed by atoms with van der Waals surface area (Å²) in [6.45, 7) is 0.0369. The van der Waals surface area contributed by atoms with Crippen LogP contribution < -0.4 is 0 Å². The Labute approximate surface area is 103 Å². The van der Waals surface area contributed by atoms with Crippen molar-refractivity contribution in [1.82, 2.24) is 0 Å². The maximum Gasteiger partial charge on any atom is 0.335 e. The molecule has 0 amide bonds. The van der Waals surface area contributed by atoms with E-state index in [1.54, 1.807) is 0 Å². The summed E-state index contributed by atoms with van der Waals surface area (Å²) < 4.78 is 28.8.